The molecule has 88 valence electrons. The van der Waals surface area contributed by atoms with E-state index in [1.54, 1.807) is 0 Å². The van der Waals surface area contributed by atoms with E-state index in [2.05, 4.69) is 23.2 Å². The monoisotopic (exact) mass is 241 g/mol. The van der Waals surface area contributed by atoms with Gasteiger partial charge in [-0.15, -0.1) is 0 Å². The quantitative estimate of drug-likeness (QED) is 0.870. The summed E-state index contributed by atoms with van der Waals surface area (Å²) < 4.78 is 4.27. The topological polar surface area (TPSA) is 66.3 Å². The second-order valence-corrected chi connectivity index (χ2v) is 5.09. The van der Waals surface area contributed by atoms with E-state index in [1.807, 2.05) is 4.90 Å². The molecule has 6 heteroatoms. The first kappa shape index (κ1) is 11.3. The number of aromatic nitrogens is 2. The third-order valence-corrected chi connectivity index (χ3v) is 3.55. The zero-order valence-corrected chi connectivity index (χ0v) is 10.2. The summed E-state index contributed by atoms with van der Waals surface area (Å²) in [6.45, 7) is 5.43. The van der Waals surface area contributed by atoms with Crippen LogP contribution in [-0.2, 0) is 4.79 Å². The number of carbonyl (C=O) groups is 1. The molecule has 2 rings (SSSR count). The van der Waals surface area contributed by atoms with E-state index in [1.165, 1.54) is 11.5 Å². The first-order chi connectivity index (χ1) is 7.58. The first-order valence-corrected chi connectivity index (χ1v) is 6.16. The number of anilines is 1. The average molecular weight is 241 g/mol. The molecule has 0 radical (unpaired) electrons. The fourth-order valence-corrected chi connectivity index (χ4v) is 2.57. The van der Waals surface area contributed by atoms with Gasteiger partial charge in [-0.05, 0) is 6.42 Å². The summed E-state index contributed by atoms with van der Waals surface area (Å²) >= 11 is 1.36. The fraction of sp³-hybridized carbons (Fsp3) is 0.700. The summed E-state index contributed by atoms with van der Waals surface area (Å²) in [6.07, 6.45) is 0.700. The van der Waals surface area contributed by atoms with Gasteiger partial charge in [0, 0.05) is 30.5 Å². The smallest absolute Gasteiger partial charge is 0.308 e. The molecule has 16 heavy (non-hydrogen) atoms. The van der Waals surface area contributed by atoms with Gasteiger partial charge >= 0.3 is 5.97 Å². The highest BCUT2D eigenvalue weighted by Gasteiger charge is 2.29. The van der Waals surface area contributed by atoms with Gasteiger partial charge in [-0.1, -0.05) is 13.8 Å². The van der Waals surface area contributed by atoms with Gasteiger partial charge in [0.2, 0.25) is 5.13 Å². The molecule has 1 atom stereocenters. The maximum Gasteiger partial charge on any atom is 0.308 e. The Kier molecular flexibility index (Phi) is 3.09. The summed E-state index contributed by atoms with van der Waals surface area (Å²) in [4.78, 5) is 17.3. The van der Waals surface area contributed by atoms with E-state index in [-0.39, 0.29) is 5.92 Å². The fourth-order valence-electron chi connectivity index (χ4n) is 1.72. The molecular weight excluding hydrogens is 226 g/mol. The molecule has 0 saturated carbocycles. The van der Waals surface area contributed by atoms with Gasteiger partial charge in [-0.2, -0.15) is 4.37 Å². The number of aliphatic carboxylic acids is 1. The van der Waals surface area contributed by atoms with Crippen LogP contribution < -0.4 is 4.90 Å². The Morgan fingerprint density at radius 2 is 2.38 bits per heavy atom. The third-order valence-electron chi connectivity index (χ3n) is 2.76. The second-order valence-electron chi connectivity index (χ2n) is 4.36. The van der Waals surface area contributed by atoms with Crippen molar-refractivity contribution in [2.75, 3.05) is 18.0 Å². The molecule has 1 saturated heterocycles. The predicted octanol–water partition coefficient (Wildman–Crippen LogP) is 1.57. The lowest BCUT2D eigenvalue weighted by Crippen LogP contribution is -2.22. The summed E-state index contributed by atoms with van der Waals surface area (Å²) in [5.41, 5.74) is 0. The van der Waals surface area contributed by atoms with Crippen LogP contribution in [0.25, 0.3) is 0 Å². The zero-order valence-electron chi connectivity index (χ0n) is 9.38. The number of hydrogen-bond acceptors (Lipinski definition) is 5. The second kappa shape index (κ2) is 4.37. The number of hydrogen-bond donors (Lipinski definition) is 1. The van der Waals surface area contributed by atoms with Crippen LogP contribution in [0.4, 0.5) is 5.13 Å². The summed E-state index contributed by atoms with van der Waals surface area (Å²) in [7, 11) is 0. The van der Waals surface area contributed by atoms with Crippen molar-refractivity contribution in [1.29, 1.82) is 0 Å². The Hall–Kier alpha value is -1.17. The summed E-state index contributed by atoms with van der Waals surface area (Å²) in [5, 5.41) is 9.77. The maximum atomic E-state index is 10.8. The Morgan fingerprint density at radius 3 is 2.88 bits per heavy atom. The van der Waals surface area contributed by atoms with Crippen molar-refractivity contribution in [2.45, 2.75) is 26.2 Å². The Bertz CT molecular complexity index is 391. The number of carboxylic acid groups (broad SMARTS) is 1. The zero-order chi connectivity index (χ0) is 11.7. The molecule has 0 aliphatic carbocycles. The molecule has 1 unspecified atom stereocenters. The van der Waals surface area contributed by atoms with Gasteiger partial charge in [0.1, 0.15) is 5.82 Å². The minimum atomic E-state index is -0.712. The van der Waals surface area contributed by atoms with Crippen molar-refractivity contribution in [2.24, 2.45) is 5.92 Å². The lowest BCUT2D eigenvalue weighted by molar-refractivity contribution is -0.140. The molecule has 0 bridgehead atoms. The third kappa shape index (κ3) is 2.16. The summed E-state index contributed by atoms with van der Waals surface area (Å²) in [6, 6.07) is 0. The Morgan fingerprint density at radius 1 is 1.62 bits per heavy atom. The van der Waals surface area contributed by atoms with E-state index in [4.69, 9.17) is 5.11 Å². The van der Waals surface area contributed by atoms with Crippen molar-refractivity contribution in [1.82, 2.24) is 9.36 Å². The van der Waals surface area contributed by atoms with Crippen LogP contribution in [-0.4, -0.2) is 33.5 Å². The van der Waals surface area contributed by atoms with Crippen molar-refractivity contribution in [3.05, 3.63) is 5.82 Å². The molecule has 0 amide bonds. The normalized spacial score (nSPS) is 20.7. The van der Waals surface area contributed by atoms with Crippen LogP contribution >= 0.6 is 11.5 Å². The number of nitrogens with zero attached hydrogens (tertiary/aromatic N) is 3. The molecule has 1 fully saturated rings. The molecule has 5 nitrogen and oxygen atoms in total. The van der Waals surface area contributed by atoms with Gasteiger partial charge in [0.05, 0.1) is 5.92 Å². The Balaban J connectivity index is 2.06. The molecule has 1 aliphatic rings. The lowest BCUT2D eigenvalue weighted by atomic mass is 10.1. The van der Waals surface area contributed by atoms with E-state index >= 15 is 0 Å². The van der Waals surface area contributed by atoms with E-state index in [9.17, 15) is 4.79 Å². The molecule has 1 aromatic rings. The van der Waals surface area contributed by atoms with Crippen LogP contribution in [0.1, 0.15) is 32.0 Å². The van der Waals surface area contributed by atoms with Crippen LogP contribution in [0.3, 0.4) is 0 Å². The van der Waals surface area contributed by atoms with Crippen molar-refractivity contribution in [3.8, 4) is 0 Å². The van der Waals surface area contributed by atoms with Crippen LogP contribution in [0.5, 0.6) is 0 Å². The maximum absolute atomic E-state index is 10.8. The molecule has 2 heterocycles. The van der Waals surface area contributed by atoms with Crippen LogP contribution in [0, 0.1) is 5.92 Å². The largest absolute Gasteiger partial charge is 0.481 e. The molecule has 0 aromatic carbocycles. The standard InChI is InChI=1S/C10H15N3O2S/c1-6(2)8-11-10(16-12-8)13-4-3-7(5-13)9(14)15/h6-7H,3-5H2,1-2H3,(H,14,15). The SMILES string of the molecule is CC(C)c1nsc(N2CCC(C(=O)O)C2)n1. The highest BCUT2D eigenvalue weighted by Crippen LogP contribution is 2.27. The molecule has 0 spiro atoms. The van der Waals surface area contributed by atoms with Crippen molar-refractivity contribution in [3.63, 3.8) is 0 Å². The van der Waals surface area contributed by atoms with Crippen molar-refractivity contribution >= 4 is 22.6 Å². The lowest BCUT2D eigenvalue weighted by Gasteiger charge is -2.12. The van der Waals surface area contributed by atoms with Crippen LogP contribution in [0.2, 0.25) is 0 Å². The number of carboxylic acids is 1. The highest BCUT2D eigenvalue weighted by molar-refractivity contribution is 7.09. The van der Waals surface area contributed by atoms with E-state index < -0.39 is 5.97 Å². The molecular formula is C10H15N3O2S. The number of rotatable bonds is 3. The highest BCUT2D eigenvalue weighted by atomic mass is 32.1. The minimum Gasteiger partial charge on any atom is -0.481 e. The van der Waals surface area contributed by atoms with Gasteiger partial charge in [0.25, 0.3) is 0 Å². The van der Waals surface area contributed by atoms with Gasteiger partial charge in [-0.3, -0.25) is 4.79 Å². The molecule has 1 aromatic heterocycles. The molecule has 1 aliphatic heterocycles. The van der Waals surface area contributed by atoms with Gasteiger partial charge < -0.3 is 10.0 Å². The van der Waals surface area contributed by atoms with Gasteiger partial charge in [-0.25, -0.2) is 4.98 Å². The summed E-state index contributed by atoms with van der Waals surface area (Å²) in [5.74, 6) is 0.198. The molecule has 1 N–H and O–H groups in total. The van der Waals surface area contributed by atoms with Gasteiger partial charge in [0.15, 0.2) is 0 Å². The first-order valence-electron chi connectivity index (χ1n) is 5.39. The van der Waals surface area contributed by atoms with E-state index in [0.717, 1.165) is 17.5 Å². The van der Waals surface area contributed by atoms with Crippen LogP contribution in [0.15, 0.2) is 0 Å². The average Bonchev–Trinajstić information content (AvgIpc) is 2.86. The van der Waals surface area contributed by atoms with Crippen molar-refractivity contribution < 1.29 is 9.90 Å². The van der Waals surface area contributed by atoms with E-state index in [0.29, 0.717) is 18.9 Å². The minimum absolute atomic E-state index is 0.258. The predicted molar refractivity (Wildman–Crippen MR) is 62.0 cm³/mol. The Labute approximate surface area is 98.3 Å².